The number of amides is 3. The minimum atomic E-state index is -0.926. The number of imide groups is 1. The van der Waals surface area contributed by atoms with Gasteiger partial charge in [0.05, 0.1) is 18.9 Å². The lowest BCUT2D eigenvalue weighted by Crippen LogP contribution is -2.45. The van der Waals surface area contributed by atoms with Crippen LogP contribution in [-0.2, 0) is 14.3 Å². The second-order valence-electron chi connectivity index (χ2n) is 7.74. The van der Waals surface area contributed by atoms with Crippen LogP contribution in [0.15, 0.2) is 18.2 Å². The first-order valence-corrected chi connectivity index (χ1v) is 9.73. The van der Waals surface area contributed by atoms with Crippen LogP contribution in [0.4, 0.5) is 16.2 Å². The van der Waals surface area contributed by atoms with Crippen LogP contribution in [-0.4, -0.2) is 48.4 Å². The summed E-state index contributed by atoms with van der Waals surface area (Å²) in [6.45, 7) is 14.1. The number of aryl methyl sites for hydroxylation is 1. The van der Waals surface area contributed by atoms with Crippen molar-refractivity contribution in [2.75, 3.05) is 24.7 Å². The fraction of sp³-hybridized carbons (Fsp3) is 0.571. The van der Waals surface area contributed by atoms with Crippen molar-refractivity contribution in [3.63, 3.8) is 0 Å². The molecule has 1 atom stereocenters. The number of nitrogens with zero attached hydrogens (tertiary/aromatic N) is 3. The molecule has 150 valence electrons. The molecule has 2 aliphatic rings. The Morgan fingerprint density at radius 2 is 2.11 bits per heavy atom. The summed E-state index contributed by atoms with van der Waals surface area (Å²) >= 11 is 0. The molecule has 1 aromatic carbocycles. The van der Waals surface area contributed by atoms with E-state index < -0.39 is 5.54 Å². The minimum Gasteiger partial charge on any atom is -0.353 e. The van der Waals surface area contributed by atoms with Crippen molar-refractivity contribution >= 4 is 23.3 Å². The highest BCUT2D eigenvalue weighted by Crippen LogP contribution is 2.34. The third kappa shape index (κ3) is 3.89. The van der Waals surface area contributed by atoms with Gasteiger partial charge in [-0.05, 0) is 64.2 Å². The first-order chi connectivity index (χ1) is 13.4. The third-order valence-corrected chi connectivity index (χ3v) is 5.35. The highest BCUT2D eigenvalue weighted by molar-refractivity contribution is 6.23. The summed E-state index contributed by atoms with van der Waals surface area (Å²) in [7, 11) is 0. The van der Waals surface area contributed by atoms with E-state index >= 15 is 0 Å². The number of urea groups is 1. The first-order valence-electron chi connectivity index (χ1n) is 9.73. The van der Waals surface area contributed by atoms with Gasteiger partial charge in [-0.15, -0.1) is 0 Å². The van der Waals surface area contributed by atoms with Crippen molar-refractivity contribution in [2.45, 2.75) is 58.3 Å². The van der Waals surface area contributed by atoms with E-state index in [2.05, 4.69) is 4.85 Å². The number of benzene rings is 1. The Morgan fingerprint density at radius 1 is 1.32 bits per heavy atom. The van der Waals surface area contributed by atoms with Gasteiger partial charge >= 0.3 is 6.03 Å². The van der Waals surface area contributed by atoms with Crippen molar-refractivity contribution in [3.8, 4) is 0 Å². The smallest absolute Gasteiger partial charge is 0.332 e. The number of anilines is 1. The van der Waals surface area contributed by atoms with Crippen LogP contribution in [0.3, 0.4) is 0 Å². The van der Waals surface area contributed by atoms with Gasteiger partial charge < -0.3 is 14.4 Å². The van der Waals surface area contributed by atoms with E-state index in [-0.39, 0.29) is 18.2 Å². The molecule has 2 aliphatic heterocycles. The Bertz CT molecular complexity index is 793. The molecular formula is C21H27N3O4. The molecule has 1 unspecified atom stereocenters. The molecule has 7 heteroatoms. The van der Waals surface area contributed by atoms with Crippen molar-refractivity contribution in [3.05, 3.63) is 35.2 Å². The zero-order chi connectivity index (χ0) is 20.3. The standard InChI is InChI=1S/C21H27N3O4/c1-15-14-16(9-10-17(15)22-4)24-19(25)21(2,3)23(20(24)26)11-7-13-28-18-8-5-6-12-27-18/h9-10,14,18H,5-8,11-13H2,1-3H3. The Balaban J connectivity index is 1.65. The second kappa shape index (κ2) is 8.29. The highest BCUT2D eigenvalue weighted by atomic mass is 16.7. The zero-order valence-corrected chi connectivity index (χ0v) is 16.7. The summed E-state index contributed by atoms with van der Waals surface area (Å²) in [4.78, 5) is 32.2. The molecule has 28 heavy (non-hydrogen) atoms. The van der Waals surface area contributed by atoms with E-state index in [4.69, 9.17) is 16.0 Å². The van der Waals surface area contributed by atoms with Crippen molar-refractivity contribution < 1.29 is 19.1 Å². The lowest BCUT2D eigenvalue weighted by atomic mass is 10.0. The van der Waals surface area contributed by atoms with Crippen LogP contribution in [0.5, 0.6) is 0 Å². The average molecular weight is 385 g/mol. The van der Waals surface area contributed by atoms with E-state index in [0.29, 0.717) is 30.9 Å². The van der Waals surface area contributed by atoms with Gasteiger partial charge in [0.15, 0.2) is 12.0 Å². The predicted molar refractivity (Wildman–Crippen MR) is 105 cm³/mol. The highest BCUT2D eigenvalue weighted by Gasteiger charge is 2.51. The largest absolute Gasteiger partial charge is 0.353 e. The number of hydrogen-bond acceptors (Lipinski definition) is 4. The van der Waals surface area contributed by atoms with Crippen molar-refractivity contribution in [1.29, 1.82) is 0 Å². The van der Waals surface area contributed by atoms with Gasteiger partial charge in [0.1, 0.15) is 5.54 Å². The van der Waals surface area contributed by atoms with Crippen molar-refractivity contribution in [2.24, 2.45) is 0 Å². The summed E-state index contributed by atoms with van der Waals surface area (Å²) in [6, 6.07) is 4.68. The topological polar surface area (TPSA) is 63.4 Å². The second-order valence-corrected chi connectivity index (χ2v) is 7.74. The summed E-state index contributed by atoms with van der Waals surface area (Å²) in [5.74, 6) is -0.260. The van der Waals surface area contributed by atoms with Crippen LogP contribution in [0.2, 0.25) is 0 Å². The predicted octanol–water partition coefficient (Wildman–Crippen LogP) is 4.03. The maximum atomic E-state index is 13.0. The molecular weight excluding hydrogens is 358 g/mol. The Labute approximate surface area is 166 Å². The lowest BCUT2D eigenvalue weighted by molar-refractivity contribution is -0.163. The molecule has 3 amide bonds. The summed E-state index contributed by atoms with van der Waals surface area (Å²) < 4.78 is 11.3. The molecule has 0 aromatic heterocycles. The summed E-state index contributed by atoms with van der Waals surface area (Å²) in [6.07, 6.45) is 3.56. The molecule has 0 spiro atoms. The lowest BCUT2D eigenvalue weighted by Gasteiger charge is -2.28. The SMILES string of the molecule is [C-]#[N+]c1ccc(N2C(=O)N(CCCOC3CCCCO3)C(C)(C)C2=O)cc1C. The molecule has 3 rings (SSSR count). The van der Waals surface area contributed by atoms with E-state index in [9.17, 15) is 9.59 Å². The van der Waals surface area contributed by atoms with Crippen LogP contribution in [0.25, 0.3) is 4.85 Å². The van der Waals surface area contributed by atoms with Gasteiger partial charge in [0.25, 0.3) is 5.91 Å². The molecule has 0 aliphatic carbocycles. The molecule has 2 saturated heterocycles. The number of hydrogen-bond donors (Lipinski definition) is 0. The van der Waals surface area contributed by atoms with E-state index in [1.54, 1.807) is 43.9 Å². The van der Waals surface area contributed by atoms with Gasteiger partial charge in [0, 0.05) is 13.2 Å². The normalized spacial score (nSPS) is 21.9. The quantitative estimate of drug-likeness (QED) is 0.421. The first kappa shape index (κ1) is 20.3. The van der Waals surface area contributed by atoms with Gasteiger partial charge in [0.2, 0.25) is 0 Å². The van der Waals surface area contributed by atoms with Gasteiger partial charge in [-0.25, -0.2) is 14.5 Å². The zero-order valence-electron chi connectivity index (χ0n) is 16.7. The van der Waals surface area contributed by atoms with Gasteiger partial charge in [-0.2, -0.15) is 0 Å². The number of ether oxygens (including phenoxy) is 2. The molecule has 7 nitrogen and oxygen atoms in total. The minimum absolute atomic E-state index is 0.155. The van der Waals surface area contributed by atoms with E-state index in [1.807, 2.05) is 0 Å². The number of carbonyl (C=O) groups is 2. The maximum Gasteiger partial charge on any atom is 0.332 e. The average Bonchev–Trinajstić information content (AvgIpc) is 2.85. The fourth-order valence-electron chi connectivity index (χ4n) is 3.62. The number of rotatable bonds is 6. The summed E-state index contributed by atoms with van der Waals surface area (Å²) in [5, 5.41) is 0. The Hall–Kier alpha value is -2.43. The maximum absolute atomic E-state index is 13.0. The van der Waals surface area contributed by atoms with Gasteiger partial charge in [-0.3, -0.25) is 4.79 Å². The fourth-order valence-corrected chi connectivity index (χ4v) is 3.62. The van der Waals surface area contributed by atoms with Crippen LogP contribution >= 0.6 is 0 Å². The van der Waals surface area contributed by atoms with E-state index in [0.717, 1.165) is 31.4 Å². The third-order valence-electron chi connectivity index (χ3n) is 5.35. The van der Waals surface area contributed by atoms with E-state index in [1.165, 1.54) is 4.90 Å². The molecule has 0 bridgehead atoms. The van der Waals surface area contributed by atoms with Gasteiger partial charge in [-0.1, -0.05) is 6.07 Å². The Morgan fingerprint density at radius 3 is 2.75 bits per heavy atom. The van der Waals surface area contributed by atoms with Crippen LogP contribution < -0.4 is 4.90 Å². The molecule has 2 fully saturated rings. The summed E-state index contributed by atoms with van der Waals surface area (Å²) in [5.41, 5.74) is 0.832. The monoisotopic (exact) mass is 385 g/mol. The van der Waals surface area contributed by atoms with Crippen molar-refractivity contribution in [1.82, 2.24) is 4.90 Å². The molecule has 2 heterocycles. The number of carbonyl (C=O) groups excluding carboxylic acids is 2. The molecule has 0 saturated carbocycles. The van der Waals surface area contributed by atoms with Crippen LogP contribution in [0.1, 0.15) is 45.1 Å². The molecule has 1 aromatic rings. The van der Waals surface area contributed by atoms with Crippen LogP contribution in [0, 0.1) is 13.5 Å². The Kier molecular flexibility index (Phi) is 6.01. The molecule has 0 N–H and O–H groups in total. The molecule has 0 radical (unpaired) electrons.